The number of halogens is 1. The van der Waals surface area contributed by atoms with Gasteiger partial charge in [-0.2, -0.15) is 11.3 Å². The SMILES string of the molecule is OC(c1cccnc1)c1c(-c2ccccc2F)noc1-c1ccsc1. The van der Waals surface area contributed by atoms with E-state index in [9.17, 15) is 9.50 Å². The largest absolute Gasteiger partial charge is 0.383 e. The monoisotopic (exact) mass is 352 g/mol. The summed E-state index contributed by atoms with van der Waals surface area (Å²) in [5, 5.41) is 18.8. The van der Waals surface area contributed by atoms with Crippen LogP contribution in [-0.4, -0.2) is 15.2 Å². The highest BCUT2D eigenvalue weighted by molar-refractivity contribution is 7.08. The predicted octanol–water partition coefficient (Wildman–Crippen LogP) is 4.69. The Labute approximate surface area is 147 Å². The Morgan fingerprint density at radius 2 is 2.00 bits per heavy atom. The first-order valence-electron chi connectivity index (χ1n) is 7.60. The maximum absolute atomic E-state index is 14.3. The number of rotatable bonds is 4. The van der Waals surface area contributed by atoms with Crippen LogP contribution in [0.25, 0.3) is 22.6 Å². The summed E-state index contributed by atoms with van der Waals surface area (Å²) in [7, 11) is 0. The Morgan fingerprint density at radius 1 is 1.12 bits per heavy atom. The summed E-state index contributed by atoms with van der Waals surface area (Å²) in [6.45, 7) is 0. The van der Waals surface area contributed by atoms with Crippen molar-refractivity contribution >= 4 is 11.3 Å². The van der Waals surface area contributed by atoms with Gasteiger partial charge in [-0.25, -0.2) is 4.39 Å². The highest BCUT2D eigenvalue weighted by atomic mass is 32.1. The van der Waals surface area contributed by atoms with E-state index in [0.717, 1.165) is 5.56 Å². The molecule has 0 amide bonds. The maximum Gasteiger partial charge on any atom is 0.174 e. The number of aliphatic hydroxyl groups is 1. The minimum absolute atomic E-state index is 0.283. The van der Waals surface area contributed by atoms with E-state index in [0.29, 0.717) is 16.9 Å². The quantitative estimate of drug-likeness (QED) is 0.579. The van der Waals surface area contributed by atoms with Gasteiger partial charge in [0.2, 0.25) is 0 Å². The first kappa shape index (κ1) is 15.7. The molecule has 25 heavy (non-hydrogen) atoms. The Balaban J connectivity index is 1.93. The summed E-state index contributed by atoms with van der Waals surface area (Å²) in [4.78, 5) is 4.04. The van der Waals surface area contributed by atoms with Gasteiger partial charge in [-0.1, -0.05) is 23.4 Å². The lowest BCUT2D eigenvalue weighted by Crippen LogP contribution is -2.03. The fraction of sp³-hybridized carbons (Fsp3) is 0.0526. The molecule has 0 bridgehead atoms. The Bertz CT molecular complexity index is 984. The predicted molar refractivity (Wildman–Crippen MR) is 93.5 cm³/mol. The van der Waals surface area contributed by atoms with Gasteiger partial charge in [0.15, 0.2) is 5.76 Å². The van der Waals surface area contributed by atoms with E-state index in [1.54, 1.807) is 42.7 Å². The van der Waals surface area contributed by atoms with E-state index < -0.39 is 11.9 Å². The van der Waals surface area contributed by atoms with Crippen LogP contribution in [0.4, 0.5) is 4.39 Å². The van der Waals surface area contributed by atoms with Crippen LogP contribution in [-0.2, 0) is 0 Å². The normalized spacial score (nSPS) is 12.2. The number of aromatic nitrogens is 2. The van der Waals surface area contributed by atoms with Crippen molar-refractivity contribution in [1.29, 1.82) is 0 Å². The minimum atomic E-state index is -1.04. The smallest absolute Gasteiger partial charge is 0.174 e. The van der Waals surface area contributed by atoms with Crippen LogP contribution < -0.4 is 0 Å². The molecule has 0 aliphatic heterocycles. The van der Waals surface area contributed by atoms with Crippen molar-refractivity contribution in [3.63, 3.8) is 0 Å². The molecule has 3 heterocycles. The van der Waals surface area contributed by atoms with Crippen molar-refractivity contribution in [2.24, 2.45) is 0 Å². The van der Waals surface area contributed by atoms with Gasteiger partial charge in [-0.15, -0.1) is 0 Å². The first-order chi connectivity index (χ1) is 12.3. The van der Waals surface area contributed by atoms with Gasteiger partial charge in [-0.05, 0) is 29.6 Å². The molecule has 1 N–H and O–H groups in total. The number of nitrogens with zero attached hydrogens (tertiary/aromatic N) is 2. The Kier molecular flexibility index (Phi) is 4.13. The van der Waals surface area contributed by atoms with Crippen molar-refractivity contribution in [1.82, 2.24) is 10.1 Å². The van der Waals surface area contributed by atoms with Crippen molar-refractivity contribution in [3.05, 3.63) is 82.6 Å². The lowest BCUT2D eigenvalue weighted by atomic mass is 9.95. The molecule has 0 aliphatic carbocycles. The Morgan fingerprint density at radius 3 is 2.72 bits per heavy atom. The summed E-state index contributed by atoms with van der Waals surface area (Å²) < 4.78 is 19.8. The number of benzene rings is 1. The summed E-state index contributed by atoms with van der Waals surface area (Å²) in [5.41, 5.74) is 2.37. The average molecular weight is 352 g/mol. The minimum Gasteiger partial charge on any atom is -0.383 e. The second-order valence-electron chi connectivity index (χ2n) is 5.45. The van der Waals surface area contributed by atoms with Gasteiger partial charge in [-0.3, -0.25) is 4.98 Å². The summed E-state index contributed by atoms with van der Waals surface area (Å²) in [5.74, 6) is 0.00293. The molecule has 1 atom stereocenters. The molecule has 0 radical (unpaired) electrons. The lowest BCUT2D eigenvalue weighted by molar-refractivity contribution is 0.220. The molecular formula is C19H13FN2O2S. The summed E-state index contributed by atoms with van der Waals surface area (Å²) in [6, 6.07) is 11.7. The zero-order chi connectivity index (χ0) is 17.2. The lowest BCUT2D eigenvalue weighted by Gasteiger charge is -2.12. The molecule has 4 nitrogen and oxygen atoms in total. The van der Waals surface area contributed by atoms with Crippen LogP contribution >= 0.6 is 11.3 Å². The average Bonchev–Trinajstić information content (AvgIpc) is 3.31. The van der Waals surface area contributed by atoms with Gasteiger partial charge >= 0.3 is 0 Å². The van der Waals surface area contributed by atoms with E-state index in [-0.39, 0.29) is 11.3 Å². The summed E-state index contributed by atoms with van der Waals surface area (Å²) in [6.07, 6.45) is 2.16. The topological polar surface area (TPSA) is 59.2 Å². The van der Waals surface area contributed by atoms with Gasteiger partial charge < -0.3 is 9.63 Å². The third-order valence-electron chi connectivity index (χ3n) is 3.91. The van der Waals surface area contributed by atoms with Crippen molar-refractivity contribution in [3.8, 4) is 22.6 Å². The van der Waals surface area contributed by atoms with Crippen LogP contribution in [0.15, 0.2) is 70.1 Å². The molecule has 1 aromatic carbocycles. The fourth-order valence-corrected chi connectivity index (χ4v) is 3.34. The molecule has 0 fully saturated rings. The number of hydrogen-bond donors (Lipinski definition) is 1. The van der Waals surface area contributed by atoms with E-state index in [1.807, 2.05) is 16.8 Å². The standard InChI is InChI=1S/C19H13FN2O2S/c20-15-6-2-1-5-14(15)17-16(18(23)12-4-3-8-21-10-12)19(24-22-17)13-7-9-25-11-13/h1-11,18,23H. The molecule has 4 aromatic rings. The van der Waals surface area contributed by atoms with Gasteiger partial charge in [0, 0.05) is 34.5 Å². The van der Waals surface area contributed by atoms with Crippen molar-refractivity contribution in [2.45, 2.75) is 6.10 Å². The number of aliphatic hydroxyl groups excluding tert-OH is 1. The van der Waals surface area contributed by atoms with Crippen molar-refractivity contribution in [2.75, 3.05) is 0 Å². The molecular weight excluding hydrogens is 339 g/mol. The van der Waals surface area contributed by atoms with E-state index in [4.69, 9.17) is 4.52 Å². The van der Waals surface area contributed by atoms with Crippen molar-refractivity contribution < 1.29 is 14.0 Å². The number of thiophene rings is 1. The van der Waals surface area contributed by atoms with Gasteiger partial charge in [0.25, 0.3) is 0 Å². The third-order valence-corrected chi connectivity index (χ3v) is 4.60. The zero-order valence-corrected chi connectivity index (χ0v) is 13.8. The van der Waals surface area contributed by atoms with Crippen LogP contribution in [0.2, 0.25) is 0 Å². The molecule has 0 spiro atoms. The number of pyridine rings is 1. The number of hydrogen-bond acceptors (Lipinski definition) is 5. The third kappa shape index (κ3) is 2.86. The molecule has 1 unspecified atom stereocenters. The zero-order valence-electron chi connectivity index (χ0n) is 13.0. The summed E-state index contributed by atoms with van der Waals surface area (Å²) >= 11 is 1.50. The van der Waals surface area contributed by atoms with E-state index in [1.165, 1.54) is 17.4 Å². The molecule has 0 aliphatic rings. The molecule has 6 heteroatoms. The van der Waals surface area contributed by atoms with Gasteiger partial charge in [0.05, 0.1) is 5.56 Å². The van der Waals surface area contributed by atoms with Crippen LogP contribution in [0.5, 0.6) is 0 Å². The van der Waals surface area contributed by atoms with E-state index in [2.05, 4.69) is 10.1 Å². The van der Waals surface area contributed by atoms with E-state index >= 15 is 0 Å². The molecule has 4 rings (SSSR count). The van der Waals surface area contributed by atoms with Crippen LogP contribution in [0.1, 0.15) is 17.2 Å². The molecule has 0 saturated carbocycles. The molecule has 3 aromatic heterocycles. The van der Waals surface area contributed by atoms with Crippen LogP contribution in [0, 0.1) is 5.82 Å². The maximum atomic E-state index is 14.3. The highest BCUT2D eigenvalue weighted by Crippen LogP contribution is 2.40. The van der Waals surface area contributed by atoms with Gasteiger partial charge in [0.1, 0.15) is 17.6 Å². The Hall–Kier alpha value is -2.83. The second kappa shape index (κ2) is 6.58. The molecule has 0 saturated heterocycles. The second-order valence-corrected chi connectivity index (χ2v) is 6.23. The first-order valence-corrected chi connectivity index (χ1v) is 8.55. The fourth-order valence-electron chi connectivity index (χ4n) is 2.70. The molecule has 124 valence electrons. The van der Waals surface area contributed by atoms with Crippen LogP contribution in [0.3, 0.4) is 0 Å². The highest BCUT2D eigenvalue weighted by Gasteiger charge is 2.27.